The maximum atomic E-state index is 12.2. The number of anilines is 1. The number of carbonyl (C=O) groups excluding carboxylic acids is 1. The highest BCUT2D eigenvalue weighted by Crippen LogP contribution is 2.22. The predicted octanol–water partition coefficient (Wildman–Crippen LogP) is 3.73. The molecule has 0 spiro atoms. The molecule has 0 atom stereocenters. The number of nitriles is 2. The van der Waals surface area contributed by atoms with Crippen LogP contribution in [0.2, 0.25) is 0 Å². The van der Waals surface area contributed by atoms with Crippen molar-refractivity contribution >= 4 is 40.2 Å². The topological polar surface area (TPSA) is 76.7 Å². The number of hydrogen-bond acceptors (Lipinski definition) is 4. The maximum Gasteiger partial charge on any atom is 0.256 e. The third-order valence-corrected chi connectivity index (χ3v) is 3.68. The van der Waals surface area contributed by atoms with Gasteiger partial charge in [0.05, 0.1) is 16.7 Å². The number of thiol groups is 1. The second kappa shape index (κ2) is 6.45. The molecule has 0 unspecified atom stereocenters. The fourth-order valence-corrected chi connectivity index (χ4v) is 2.33. The molecule has 102 valence electrons. The molecule has 2 aromatic rings. The summed E-state index contributed by atoms with van der Waals surface area (Å²) in [7, 11) is 0. The van der Waals surface area contributed by atoms with Crippen molar-refractivity contribution in [3.63, 3.8) is 0 Å². The largest absolute Gasteiger partial charge is 0.322 e. The van der Waals surface area contributed by atoms with Crippen LogP contribution in [-0.4, -0.2) is 5.91 Å². The molecule has 0 fully saturated rings. The molecule has 2 rings (SSSR count). The average molecular weight is 358 g/mol. The zero-order valence-corrected chi connectivity index (χ0v) is 13.1. The summed E-state index contributed by atoms with van der Waals surface area (Å²) in [6.07, 6.45) is 0. The van der Waals surface area contributed by atoms with E-state index in [4.69, 9.17) is 10.5 Å². The lowest BCUT2D eigenvalue weighted by atomic mass is 10.1. The molecular weight excluding hydrogens is 350 g/mol. The number of hydrogen-bond donors (Lipinski definition) is 2. The van der Waals surface area contributed by atoms with Gasteiger partial charge in [-0.25, -0.2) is 0 Å². The van der Waals surface area contributed by atoms with Gasteiger partial charge in [0, 0.05) is 15.1 Å². The Kier molecular flexibility index (Phi) is 4.64. The summed E-state index contributed by atoms with van der Waals surface area (Å²) in [5.74, 6) is -0.327. The molecule has 4 nitrogen and oxygen atoms in total. The second-order valence-corrected chi connectivity index (χ2v) is 5.47. The summed E-state index contributed by atoms with van der Waals surface area (Å²) in [6, 6.07) is 13.5. The molecule has 21 heavy (non-hydrogen) atoms. The lowest BCUT2D eigenvalue weighted by Gasteiger charge is -2.08. The van der Waals surface area contributed by atoms with Crippen LogP contribution >= 0.6 is 28.6 Å². The van der Waals surface area contributed by atoms with E-state index in [2.05, 4.69) is 33.9 Å². The van der Waals surface area contributed by atoms with Crippen molar-refractivity contribution in [2.45, 2.75) is 4.90 Å². The van der Waals surface area contributed by atoms with Crippen molar-refractivity contribution in [2.24, 2.45) is 0 Å². The number of rotatable bonds is 2. The van der Waals surface area contributed by atoms with Crippen molar-refractivity contribution in [1.82, 2.24) is 0 Å². The smallest absolute Gasteiger partial charge is 0.256 e. The monoisotopic (exact) mass is 357 g/mol. The highest BCUT2D eigenvalue weighted by Gasteiger charge is 2.12. The lowest BCUT2D eigenvalue weighted by molar-refractivity contribution is 0.102. The number of halogens is 1. The summed E-state index contributed by atoms with van der Waals surface area (Å²) in [5, 5.41) is 20.5. The van der Waals surface area contributed by atoms with Crippen molar-refractivity contribution in [2.75, 3.05) is 5.32 Å². The first-order valence-corrected chi connectivity index (χ1v) is 7.03. The molecule has 0 radical (unpaired) electrons. The Labute approximate surface area is 135 Å². The quantitative estimate of drug-likeness (QED) is 0.803. The SMILES string of the molecule is N#Cc1ccc(NC(=O)c2cc(S)ccc2Br)cc1C#N. The molecule has 0 aromatic heterocycles. The third kappa shape index (κ3) is 3.43. The van der Waals surface area contributed by atoms with E-state index in [1.54, 1.807) is 24.3 Å². The molecule has 1 N–H and O–H groups in total. The predicted molar refractivity (Wildman–Crippen MR) is 85.2 cm³/mol. The minimum atomic E-state index is -0.327. The molecular formula is C15H8BrN3OS. The molecule has 0 aliphatic rings. The molecule has 0 aliphatic heterocycles. The summed E-state index contributed by atoms with van der Waals surface area (Å²) in [4.78, 5) is 12.9. The van der Waals surface area contributed by atoms with Crippen LogP contribution in [-0.2, 0) is 0 Å². The van der Waals surface area contributed by atoms with Crippen LogP contribution in [0.3, 0.4) is 0 Å². The highest BCUT2D eigenvalue weighted by atomic mass is 79.9. The first-order chi connectivity index (χ1) is 10.0. The maximum absolute atomic E-state index is 12.2. The van der Waals surface area contributed by atoms with Gasteiger partial charge in [0.25, 0.3) is 5.91 Å². The number of amides is 1. The molecule has 1 amide bonds. The number of nitrogens with zero attached hydrogens (tertiary/aromatic N) is 2. The van der Waals surface area contributed by atoms with Gasteiger partial charge in [-0.3, -0.25) is 4.79 Å². The summed E-state index contributed by atoms with van der Waals surface area (Å²) >= 11 is 7.50. The number of carbonyl (C=O) groups is 1. The number of benzene rings is 2. The van der Waals surface area contributed by atoms with Crippen LogP contribution in [0.5, 0.6) is 0 Å². The van der Waals surface area contributed by atoms with Gasteiger partial charge >= 0.3 is 0 Å². The van der Waals surface area contributed by atoms with Crippen molar-refractivity contribution < 1.29 is 4.79 Å². The Hall–Kier alpha value is -2.28. The number of nitrogens with one attached hydrogen (secondary N) is 1. The first-order valence-electron chi connectivity index (χ1n) is 5.79. The van der Waals surface area contributed by atoms with Crippen LogP contribution in [0.15, 0.2) is 45.8 Å². The van der Waals surface area contributed by atoms with E-state index in [0.717, 1.165) is 0 Å². The Bertz CT molecular complexity index is 806. The van der Waals surface area contributed by atoms with Crippen LogP contribution < -0.4 is 5.32 Å². The Balaban J connectivity index is 2.30. The van der Waals surface area contributed by atoms with Gasteiger partial charge in [-0.1, -0.05) is 0 Å². The van der Waals surface area contributed by atoms with Crippen molar-refractivity contribution in [1.29, 1.82) is 10.5 Å². The summed E-state index contributed by atoms with van der Waals surface area (Å²) in [5.41, 5.74) is 1.38. The van der Waals surface area contributed by atoms with Gasteiger partial charge in [0.2, 0.25) is 0 Å². The molecule has 0 bridgehead atoms. The van der Waals surface area contributed by atoms with E-state index in [1.165, 1.54) is 12.1 Å². The van der Waals surface area contributed by atoms with Crippen LogP contribution in [0.4, 0.5) is 5.69 Å². The highest BCUT2D eigenvalue weighted by molar-refractivity contribution is 9.10. The fraction of sp³-hybridized carbons (Fsp3) is 0. The average Bonchev–Trinajstić information content (AvgIpc) is 2.49. The molecule has 2 aromatic carbocycles. The minimum absolute atomic E-state index is 0.220. The second-order valence-electron chi connectivity index (χ2n) is 4.10. The Morgan fingerprint density at radius 1 is 1.10 bits per heavy atom. The van der Waals surface area contributed by atoms with Crippen LogP contribution in [0, 0.1) is 22.7 Å². The summed E-state index contributed by atoms with van der Waals surface area (Å²) < 4.78 is 0.645. The van der Waals surface area contributed by atoms with Gasteiger partial charge in [0.1, 0.15) is 12.1 Å². The molecule has 6 heteroatoms. The van der Waals surface area contributed by atoms with Crippen molar-refractivity contribution in [3.05, 3.63) is 57.6 Å². The first kappa shape index (κ1) is 15.1. The molecule has 0 aliphatic carbocycles. The summed E-state index contributed by atoms with van der Waals surface area (Å²) in [6.45, 7) is 0. The van der Waals surface area contributed by atoms with E-state index >= 15 is 0 Å². The molecule has 0 heterocycles. The van der Waals surface area contributed by atoms with Crippen LogP contribution in [0.1, 0.15) is 21.5 Å². The Morgan fingerprint density at radius 3 is 2.48 bits per heavy atom. The van der Waals surface area contributed by atoms with E-state index in [0.29, 0.717) is 20.6 Å². The van der Waals surface area contributed by atoms with Crippen LogP contribution in [0.25, 0.3) is 0 Å². The van der Waals surface area contributed by atoms with E-state index in [1.807, 2.05) is 12.1 Å². The Morgan fingerprint density at radius 2 is 1.81 bits per heavy atom. The normalized spacial score (nSPS) is 9.52. The zero-order chi connectivity index (χ0) is 15.4. The van der Waals surface area contributed by atoms with Gasteiger partial charge in [-0.15, -0.1) is 12.6 Å². The lowest BCUT2D eigenvalue weighted by Crippen LogP contribution is -2.12. The minimum Gasteiger partial charge on any atom is -0.322 e. The molecule has 0 saturated heterocycles. The fourth-order valence-electron chi connectivity index (χ4n) is 1.70. The van der Waals surface area contributed by atoms with Gasteiger partial charge < -0.3 is 5.32 Å². The van der Waals surface area contributed by atoms with E-state index in [9.17, 15) is 4.79 Å². The van der Waals surface area contributed by atoms with E-state index in [-0.39, 0.29) is 17.0 Å². The van der Waals surface area contributed by atoms with Gasteiger partial charge in [0.15, 0.2) is 0 Å². The third-order valence-electron chi connectivity index (χ3n) is 2.71. The van der Waals surface area contributed by atoms with Crippen molar-refractivity contribution in [3.8, 4) is 12.1 Å². The van der Waals surface area contributed by atoms with Gasteiger partial charge in [-0.05, 0) is 52.3 Å². The standard InChI is InChI=1S/C15H8BrN3OS/c16-14-4-3-12(21)6-13(14)15(20)19-11-2-1-9(7-17)10(5-11)8-18/h1-6,21H,(H,19,20). The van der Waals surface area contributed by atoms with E-state index < -0.39 is 0 Å². The zero-order valence-electron chi connectivity index (χ0n) is 10.6. The van der Waals surface area contributed by atoms with Gasteiger partial charge in [-0.2, -0.15) is 10.5 Å². The molecule has 0 saturated carbocycles.